The molecule has 0 atom stereocenters. The summed E-state index contributed by atoms with van der Waals surface area (Å²) in [6, 6.07) is 0. The van der Waals surface area contributed by atoms with Gasteiger partial charge in [0.1, 0.15) is 6.33 Å². The van der Waals surface area contributed by atoms with Gasteiger partial charge in [-0.3, -0.25) is 4.79 Å². The maximum Gasteiger partial charge on any atom is 0.264 e. The summed E-state index contributed by atoms with van der Waals surface area (Å²) in [7, 11) is 0. The average Bonchev–Trinajstić information content (AvgIpc) is 2.53. The Balaban J connectivity index is 2.88. The maximum absolute atomic E-state index is 11.4. The lowest BCUT2D eigenvalue weighted by atomic mass is 10.3. The summed E-state index contributed by atoms with van der Waals surface area (Å²) >= 11 is 0. The number of nitrogens with zero attached hydrogens (tertiary/aromatic N) is 3. The first-order valence-corrected chi connectivity index (χ1v) is 3.42. The van der Waals surface area contributed by atoms with Crippen molar-refractivity contribution in [3.63, 3.8) is 0 Å². The van der Waals surface area contributed by atoms with Crippen LogP contribution in [-0.4, -0.2) is 19.6 Å². The van der Waals surface area contributed by atoms with Gasteiger partial charge in [-0.25, -0.2) is 14.5 Å². The van der Waals surface area contributed by atoms with Crippen LogP contribution < -0.4 is 11.3 Å². The van der Waals surface area contributed by atoms with Gasteiger partial charge in [0.15, 0.2) is 0 Å². The van der Waals surface area contributed by atoms with Crippen molar-refractivity contribution in [2.45, 2.75) is 6.54 Å². The molecule has 6 nitrogen and oxygen atoms in total. The molecule has 6 heteroatoms. The van der Waals surface area contributed by atoms with Gasteiger partial charge in [0.2, 0.25) is 5.78 Å². The second-order valence-electron chi connectivity index (χ2n) is 2.34. The molecule has 2 aromatic rings. The van der Waals surface area contributed by atoms with E-state index in [1.807, 2.05) is 0 Å². The predicted molar refractivity (Wildman–Crippen MR) is 41.5 cm³/mol. The van der Waals surface area contributed by atoms with E-state index in [9.17, 15) is 4.79 Å². The molecule has 2 rings (SSSR count). The number of hydrogen-bond donors (Lipinski definition) is 2. The molecule has 0 fully saturated rings. The topological polar surface area (TPSA) is 89.1 Å². The van der Waals surface area contributed by atoms with E-state index in [-0.39, 0.29) is 12.1 Å². The number of H-pyrrole nitrogens is 1. The Morgan fingerprint density at radius 1 is 1.67 bits per heavy atom. The zero-order valence-electron chi connectivity index (χ0n) is 6.19. The van der Waals surface area contributed by atoms with Crippen LogP contribution in [0.1, 0.15) is 5.56 Å². The molecular weight excluding hydrogens is 158 g/mol. The summed E-state index contributed by atoms with van der Waals surface area (Å²) in [6.45, 7) is 0.194. The second kappa shape index (κ2) is 2.42. The molecule has 0 spiro atoms. The molecule has 0 aromatic carbocycles. The van der Waals surface area contributed by atoms with Gasteiger partial charge in [0, 0.05) is 18.3 Å². The van der Waals surface area contributed by atoms with Crippen LogP contribution in [-0.2, 0) is 6.54 Å². The average molecular weight is 165 g/mol. The zero-order chi connectivity index (χ0) is 8.55. The number of fused-ring (bicyclic) bond motifs is 1. The van der Waals surface area contributed by atoms with Crippen molar-refractivity contribution < 1.29 is 0 Å². The highest BCUT2D eigenvalue weighted by atomic mass is 16.1. The lowest BCUT2D eigenvalue weighted by Gasteiger charge is -1.94. The van der Waals surface area contributed by atoms with Crippen molar-refractivity contribution >= 4 is 5.78 Å². The number of nitrogens with one attached hydrogen (secondary N) is 1. The molecule has 0 amide bonds. The smallest absolute Gasteiger partial charge is 0.264 e. The van der Waals surface area contributed by atoms with Crippen molar-refractivity contribution in [1.82, 2.24) is 19.6 Å². The molecule has 0 aliphatic rings. The number of nitrogens with two attached hydrogens (primary N) is 1. The third-order valence-electron chi connectivity index (χ3n) is 1.62. The number of hydrogen-bond acceptors (Lipinski definition) is 4. The van der Waals surface area contributed by atoms with Crippen LogP contribution >= 0.6 is 0 Å². The molecule has 0 bridgehead atoms. The van der Waals surface area contributed by atoms with E-state index in [2.05, 4.69) is 15.2 Å². The van der Waals surface area contributed by atoms with Gasteiger partial charge < -0.3 is 5.73 Å². The first kappa shape index (κ1) is 6.99. The molecule has 0 unspecified atom stereocenters. The monoisotopic (exact) mass is 165 g/mol. The summed E-state index contributed by atoms with van der Waals surface area (Å²) in [5, 5.41) is 6.24. The summed E-state index contributed by atoms with van der Waals surface area (Å²) in [5.41, 5.74) is 5.64. The Morgan fingerprint density at radius 2 is 2.50 bits per heavy atom. The summed E-state index contributed by atoms with van der Waals surface area (Å²) in [5.74, 6) is 0.428. The van der Waals surface area contributed by atoms with Gasteiger partial charge in [-0.2, -0.15) is 5.10 Å². The van der Waals surface area contributed by atoms with E-state index < -0.39 is 0 Å². The van der Waals surface area contributed by atoms with E-state index in [4.69, 9.17) is 5.73 Å². The maximum atomic E-state index is 11.4. The molecule has 0 saturated carbocycles. The van der Waals surface area contributed by atoms with E-state index in [1.54, 1.807) is 0 Å². The Bertz CT molecular complexity index is 456. The molecule has 0 aliphatic heterocycles. The quantitative estimate of drug-likeness (QED) is 0.560. The van der Waals surface area contributed by atoms with E-state index >= 15 is 0 Å². The van der Waals surface area contributed by atoms with Crippen molar-refractivity contribution in [2.75, 3.05) is 0 Å². The fourth-order valence-corrected chi connectivity index (χ4v) is 0.982. The molecule has 2 heterocycles. The minimum Gasteiger partial charge on any atom is -0.326 e. The molecule has 0 saturated heterocycles. The minimum absolute atomic E-state index is 0.170. The van der Waals surface area contributed by atoms with Crippen LogP contribution in [0.5, 0.6) is 0 Å². The number of aromatic nitrogens is 4. The van der Waals surface area contributed by atoms with Crippen LogP contribution in [0.2, 0.25) is 0 Å². The van der Waals surface area contributed by atoms with Crippen LogP contribution in [0.25, 0.3) is 5.78 Å². The third kappa shape index (κ3) is 0.817. The van der Waals surface area contributed by atoms with Gasteiger partial charge in [0.25, 0.3) is 5.56 Å². The zero-order valence-corrected chi connectivity index (χ0v) is 6.19. The summed E-state index contributed by atoms with van der Waals surface area (Å²) < 4.78 is 1.32. The predicted octanol–water partition coefficient (Wildman–Crippen LogP) is -1.12. The first-order valence-electron chi connectivity index (χ1n) is 3.42. The van der Waals surface area contributed by atoms with Gasteiger partial charge in [0.05, 0.1) is 0 Å². The lowest BCUT2D eigenvalue weighted by molar-refractivity contribution is 0.949. The number of aromatic amines is 1. The Hall–Kier alpha value is -1.69. The molecule has 2 aromatic heterocycles. The van der Waals surface area contributed by atoms with Crippen molar-refractivity contribution in [3.8, 4) is 0 Å². The van der Waals surface area contributed by atoms with Crippen molar-refractivity contribution in [2.24, 2.45) is 5.73 Å². The largest absolute Gasteiger partial charge is 0.326 e. The highest BCUT2D eigenvalue weighted by Gasteiger charge is 2.02. The Kier molecular flexibility index (Phi) is 1.41. The van der Waals surface area contributed by atoms with Crippen LogP contribution in [0.15, 0.2) is 17.3 Å². The highest BCUT2D eigenvalue weighted by Crippen LogP contribution is 1.90. The standard InChI is InChI=1S/C6H7N5O/c7-1-4-2-8-6-10-9-3-11(6)5(4)12/h2-3H,1,7H2,(H,8,10). The molecule has 12 heavy (non-hydrogen) atoms. The lowest BCUT2D eigenvalue weighted by Crippen LogP contribution is -2.20. The third-order valence-corrected chi connectivity index (χ3v) is 1.62. The van der Waals surface area contributed by atoms with Crippen LogP contribution in [0.3, 0.4) is 0 Å². The number of rotatable bonds is 1. The van der Waals surface area contributed by atoms with Crippen LogP contribution in [0.4, 0.5) is 0 Å². The van der Waals surface area contributed by atoms with Crippen LogP contribution in [0, 0.1) is 0 Å². The van der Waals surface area contributed by atoms with Gasteiger partial charge in [-0.1, -0.05) is 0 Å². The minimum atomic E-state index is -0.170. The van der Waals surface area contributed by atoms with Crippen molar-refractivity contribution in [3.05, 3.63) is 28.4 Å². The molecule has 62 valence electrons. The molecular formula is C6H7N5O. The van der Waals surface area contributed by atoms with Gasteiger partial charge in [-0.05, 0) is 0 Å². The highest BCUT2D eigenvalue weighted by molar-refractivity contribution is 5.26. The summed E-state index contributed by atoms with van der Waals surface area (Å²) in [4.78, 5) is 15.3. The van der Waals surface area contributed by atoms with E-state index in [1.165, 1.54) is 16.9 Å². The van der Waals surface area contributed by atoms with Crippen molar-refractivity contribution in [1.29, 1.82) is 0 Å². The molecule has 0 radical (unpaired) electrons. The van der Waals surface area contributed by atoms with E-state index in [0.29, 0.717) is 11.3 Å². The van der Waals surface area contributed by atoms with Gasteiger partial charge >= 0.3 is 0 Å². The molecule has 0 aliphatic carbocycles. The fraction of sp³-hybridized carbons (Fsp3) is 0.167. The Morgan fingerprint density at radius 3 is 3.25 bits per heavy atom. The molecule has 3 N–H and O–H groups in total. The van der Waals surface area contributed by atoms with Gasteiger partial charge in [-0.15, -0.1) is 0 Å². The normalized spacial score (nSPS) is 10.8. The second-order valence-corrected chi connectivity index (χ2v) is 2.34. The summed E-state index contributed by atoms with van der Waals surface area (Å²) in [6.07, 6.45) is 2.83. The first-order chi connectivity index (χ1) is 5.83. The SMILES string of the molecule is NCc1cnc2[nH]ncn2c1=O. The fourth-order valence-electron chi connectivity index (χ4n) is 0.982. The van der Waals surface area contributed by atoms with E-state index in [0.717, 1.165) is 0 Å². The Labute approximate surface area is 67.0 Å².